The largest absolute Gasteiger partial charge is 0.322 e. The number of nitrogens with one attached hydrogen (secondary N) is 1. The summed E-state index contributed by atoms with van der Waals surface area (Å²) in [5.74, 6) is 0.0220. The molecule has 1 saturated heterocycles. The van der Waals surface area contributed by atoms with Crippen LogP contribution in [-0.4, -0.2) is 18.4 Å². The van der Waals surface area contributed by atoms with Crippen molar-refractivity contribution in [3.63, 3.8) is 0 Å². The van der Waals surface area contributed by atoms with E-state index in [9.17, 15) is 9.59 Å². The van der Waals surface area contributed by atoms with E-state index < -0.39 is 0 Å². The van der Waals surface area contributed by atoms with Crippen molar-refractivity contribution in [3.8, 4) is 0 Å². The quantitative estimate of drug-likeness (QED) is 0.926. The molecule has 24 heavy (non-hydrogen) atoms. The Morgan fingerprint density at radius 2 is 1.92 bits per heavy atom. The van der Waals surface area contributed by atoms with Crippen LogP contribution in [0.15, 0.2) is 42.5 Å². The summed E-state index contributed by atoms with van der Waals surface area (Å²) in [6.07, 6.45) is 2.57. The maximum atomic E-state index is 12.5. The Hall–Kier alpha value is -2.62. The summed E-state index contributed by atoms with van der Waals surface area (Å²) in [6, 6.07) is 13.3. The van der Waals surface area contributed by atoms with Gasteiger partial charge in [0.1, 0.15) is 0 Å². The van der Waals surface area contributed by atoms with Gasteiger partial charge in [0.25, 0.3) is 5.91 Å². The van der Waals surface area contributed by atoms with Crippen molar-refractivity contribution in [2.75, 3.05) is 16.8 Å². The summed E-state index contributed by atoms with van der Waals surface area (Å²) in [6.45, 7) is 4.69. The summed E-state index contributed by atoms with van der Waals surface area (Å²) in [5, 5.41) is 2.94. The number of anilines is 2. The average molecular weight is 322 g/mol. The Kier molecular flexibility index (Phi) is 4.65. The molecule has 0 bridgehead atoms. The normalized spacial score (nSPS) is 14.6. The fourth-order valence-electron chi connectivity index (χ4n) is 3.10. The van der Waals surface area contributed by atoms with E-state index in [0.29, 0.717) is 17.7 Å². The molecule has 2 aromatic carbocycles. The predicted octanol–water partition coefficient (Wildman–Crippen LogP) is 4.07. The molecule has 0 radical (unpaired) electrons. The molecule has 3 rings (SSSR count). The third-order valence-electron chi connectivity index (χ3n) is 4.37. The zero-order chi connectivity index (χ0) is 17.1. The molecule has 0 saturated carbocycles. The van der Waals surface area contributed by atoms with Gasteiger partial charge in [0.15, 0.2) is 0 Å². The minimum absolute atomic E-state index is 0.130. The molecule has 0 spiro atoms. The van der Waals surface area contributed by atoms with Crippen LogP contribution < -0.4 is 10.2 Å². The lowest BCUT2D eigenvalue weighted by atomic mass is 10.1. The van der Waals surface area contributed by atoms with Crippen molar-refractivity contribution in [2.45, 2.75) is 33.1 Å². The lowest BCUT2D eigenvalue weighted by Crippen LogP contribution is -2.35. The Morgan fingerprint density at radius 1 is 1.08 bits per heavy atom. The molecule has 4 heteroatoms. The van der Waals surface area contributed by atoms with Crippen molar-refractivity contribution in [2.24, 2.45) is 0 Å². The number of rotatable bonds is 3. The topological polar surface area (TPSA) is 49.4 Å². The highest BCUT2D eigenvalue weighted by Gasteiger charge is 2.20. The number of nitrogens with zero attached hydrogens (tertiary/aromatic N) is 1. The number of carbonyl (C=O) groups is 2. The van der Waals surface area contributed by atoms with E-state index in [1.807, 2.05) is 56.3 Å². The first-order chi connectivity index (χ1) is 11.5. The van der Waals surface area contributed by atoms with Crippen LogP contribution in [0.2, 0.25) is 0 Å². The van der Waals surface area contributed by atoms with E-state index in [-0.39, 0.29) is 11.8 Å². The maximum absolute atomic E-state index is 12.5. The van der Waals surface area contributed by atoms with Crippen molar-refractivity contribution in [3.05, 3.63) is 59.2 Å². The van der Waals surface area contributed by atoms with Crippen LogP contribution in [-0.2, 0) is 4.79 Å². The molecule has 124 valence electrons. The maximum Gasteiger partial charge on any atom is 0.255 e. The summed E-state index contributed by atoms with van der Waals surface area (Å²) in [5.41, 5.74) is 4.30. The van der Waals surface area contributed by atoms with E-state index in [4.69, 9.17) is 0 Å². The monoisotopic (exact) mass is 322 g/mol. The van der Waals surface area contributed by atoms with Crippen molar-refractivity contribution < 1.29 is 9.59 Å². The second kappa shape index (κ2) is 6.87. The van der Waals surface area contributed by atoms with Gasteiger partial charge >= 0.3 is 0 Å². The number of piperidine rings is 1. The molecule has 2 aromatic rings. The van der Waals surface area contributed by atoms with Gasteiger partial charge in [0.05, 0.1) is 0 Å². The van der Waals surface area contributed by atoms with Gasteiger partial charge in [-0.1, -0.05) is 23.8 Å². The van der Waals surface area contributed by atoms with Crippen LogP contribution in [0.5, 0.6) is 0 Å². The average Bonchev–Trinajstić information content (AvgIpc) is 2.55. The SMILES string of the molecule is Cc1ccc(C(=O)Nc2cccc(N3CCCCC3=O)c2)c(C)c1. The molecule has 1 aliphatic rings. The Labute approximate surface area is 142 Å². The number of amides is 2. The van der Waals surface area contributed by atoms with Crippen molar-refractivity contribution >= 4 is 23.2 Å². The third-order valence-corrected chi connectivity index (χ3v) is 4.37. The number of carbonyl (C=O) groups excluding carboxylic acids is 2. The number of benzene rings is 2. The lowest BCUT2D eigenvalue weighted by molar-refractivity contribution is -0.119. The van der Waals surface area contributed by atoms with E-state index in [0.717, 1.165) is 36.2 Å². The molecular formula is C20H22N2O2. The van der Waals surface area contributed by atoms with Gasteiger partial charge in [-0.15, -0.1) is 0 Å². The lowest BCUT2D eigenvalue weighted by Gasteiger charge is -2.27. The van der Waals surface area contributed by atoms with Crippen LogP contribution in [0.3, 0.4) is 0 Å². The van der Waals surface area contributed by atoms with Gasteiger partial charge in [0.2, 0.25) is 5.91 Å². The molecular weight excluding hydrogens is 300 g/mol. The molecule has 2 amide bonds. The molecule has 0 unspecified atom stereocenters. The molecule has 4 nitrogen and oxygen atoms in total. The fraction of sp³-hybridized carbons (Fsp3) is 0.300. The van der Waals surface area contributed by atoms with Gasteiger partial charge in [-0.05, 0) is 56.5 Å². The summed E-state index contributed by atoms with van der Waals surface area (Å²) in [4.78, 5) is 26.4. The molecule has 1 N–H and O–H groups in total. The van der Waals surface area contributed by atoms with Crippen LogP contribution in [0.4, 0.5) is 11.4 Å². The van der Waals surface area contributed by atoms with Crippen LogP contribution >= 0.6 is 0 Å². The first-order valence-electron chi connectivity index (χ1n) is 8.33. The highest BCUT2D eigenvalue weighted by molar-refractivity contribution is 6.05. The Bertz CT molecular complexity index is 783. The van der Waals surface area contributed by atoms with E-state index >= 15 is 0 Å². The van der Waals surface area contributed by atoms with Crippen molar-refractivity contribution in [1.82, 2.24) is 0 Å². The van der Waals surface area contributed by atoms with E-state index in [1.54, 1.807) is 4.90 Å². The standard InChI is InChI=1S/C20H22N2O2/c1-14-9-10-18(15(2)12-14)20(24)21-16-6-5-7-17(13-16)22-11-4-3-8-19(22)23/h5-7,9-10,12-13H,3-4,8,11H2,1-2H3,(H,21,24). The summed E-state index contributed by atoms with van der Waals surface area (Å²) in [7, 11) is 0. The molecule has 0 aliphatic carbocycles. The third kappa shape index (κ3) is 3.48. The predicted molar refractivity (Wildman–Crippen MR) is 96.5 cm³/mol. The highest BCUT2D eigenvalue weighted by atomic mass is 16.2. The Morgan fingerprint density at radius 3 is 2.67 bits per heavy atom. The fourth-order valence-corrected chi connectivity index (χ4v) is 3.10. The van der Waals surface area contributed by atoms with Crippen LogP contribution in [0, 0.1) is 13.8 Å². The smallest absolute Gasteiger partial charge is 0.255 e. The van der Waals surface area contributed by atoms with Crippen LogP contribution in [0.1, 0.15) is 40.7 Å². The van der Waals surface area contributed by atoms with E-state index in [1.165, 1.54) is 0 Å². The second-order valence-electron chi connectivity index (χ2n) is 6.33. The van der Waals surface area contributed by atoms with E-state index in [2.05, 4.69) is 5.32 Å². The van der Waals surface area contributed by atoms with Crippen molar-refractivity contribution in [1.29, 1.82) is 0 Å². The molecule has 1 heterocycles. The van der Waals surface area contributed by atoms with Gasteiger partial charge in [0, 0.05) is 29.9 Å². The summed E-state index contributed by atoms with van der Waals surface area (Å²) < 4.78 is 0. The molecule has 1 aliphatic heterocycles. The molecule has 0 atom stereocenters. The molecule has 1 fully saturated rings. The van der Waals surface area contributed by atoms with Gasteiger partial charge in [-0.3, -0.25) is 9.59 Å². The zero-order valence-electron chi connectivity index (χ0n) is 14.1. The summed E-state index contributed by atoms with van der Waals surface area (Å²) >= 11 is 0. The van der Waals surface area contributed by atoms with Gasteiger partial charge < -0.3 is 10.2 Å². The zero-order valence-corrected chi connectivity index (χ0v) is 14.1. The minimum Gasteiger partial charge on any atom is -0.322 e. The number of hydrogen-bond acceptors (Lipinski definition) is 2. The van der Waals surface area contributed by atoms with Crippen LogP contribution in [0.25, 0.3) is 0 Å². The number of aryl methyl sites for hydroxylation is 2. The second-order valence-corrected chi connectivity index (χ2v) is 6.33. The number of hydrogen-bond donors (Lipinski definition) is 1. The Balaban J connectivity index is 1.79. The first-order valence-corrected chi connectivity index (χ1v) is 8.33. The van der Waals surface area contributed by atoms with Gasteiger partial charge in [-0.25, -0.2) is 0 Å². The first kappa shape index (κ1) is 16.2. The molecule has 0 aromatic heterocycles. The highest BCUT2D eigenvalue weighted by Crippen LogP contribution is 2.24. The minimum atomic E-state index is -0.130. The van der Waals surface area contributed by atoms with Gasteiger partial charge in [-0.2, -0.15) is 0 Å².